The van der Waals surface area contributed by atoms with Crippen molar-refractivity contribution < 1.29 is 8.78 Å². The molecule has 1 aliphatic rings. The van der Waals surface area contributed by atoms with Crippen LogP contribution in [0.3, 0.4) is 0 Å². The summed E-state index contributed by atoms with van der Waals surface area (Å²) in [6, 6.07) is 4.74. The first-order valence-electron chi connectivity index (χ1n) is 6.08. The highest BCUT2D eigenvalue weighted by Gasteiger charge is 2.27. The van der Waals surface area contributed by atoms with Crippen molar-refractivity contribution in [2.24, 2.45) is 9.98 Å². The largest absolute Gasteiger partial charge is 0.333 e. The Morgan fingerprint density at radius 2 is 2.05 bits per heavy atom. The van der Waals surface area contributed by atoms with E-state index in [0.29, 0.717) is 18.2 Å². The molecule has 0 radical (unpaired) electrons. The Hall–Kier alpha value is -1.85. The lowest BCUT2D eigenvalue weighted by atomic mass is 10.2. The summed E-state index contributed by atoms with van der Waals surface area (Å²) in [5.41, 5.74) is 0.192. The van der Waals surface area contributed by atoms with Gasteiger partial charge < -0.3 is 4.90 Å². The summed E-state index contributed by atoms with van der Waals surface area (Å²) in [5.74, 6) is -2.38. The van der Waals surface area contributed by atoms with Gasteiger partial charge in [-0.25, -0.2) is 9.98 Å². The molecule has 1 aromatic heterocycles. The third kappa shape index (κ3) is 2.94. The van der Waals surface area contributed by atoms with Gasteiger partial charge in [0.15, 0.2) is 5.84 Å². The third-order valence-corrected chi connectivity index (χ3v) is 2.82. The van der Waals surface area contributed by atoms with Crippen LogP contribution in [-0.4, -0.2) is 34.8 Å². The molecule has 19 heavy (non-hydrogen) atoms. The second-order valence-corrected chi connectivity index (χ2v) is 4.75. The molecular formula is C13H16F2N4. The van der Waals surface area contributed by atoms with Crippen LogP contribution in [0.15, 0.2) is 28.2 Å². The molecule has 2 heterocycles. The fourth-order valence-electron chi connectivity index (χ4n) is 1.79. The molecule has 0 saturated carbocycles. The molecule has 0 bridgehead atoms. The lowest BCUT2D eigenvalue weighted by molar-refractivity contribution is 0.0127. The summed E-state index contributed by atoms with van der Waals surface area (Å²) < 4.78 is 26.6. The van der Waals surface area contributed by atoms with Crippen LogP contribution in [0.2, 0.25) is 0 Å². The quantitative estimate of drug-likeness (QED) is 0.844. The minimum atomic E-state index is -2.96. The molecular weight excluding hydrogens is 250 g/mol. The maximum Gasteiger partial charge on any atom is 0.286 e. The Morgan fingerprint density at radius 1 is 1.32 bits per heavy atom. The van der Waals surface area contributed by atoms with E-state index in [1.165, 1.54) is 12.4 Å². The zero-order valence-corrected chi connectivity index (χ0v) is 11.1. The zero-order chi connectivity index (χ0) is 14.0. The maximum atomic E-state index is 13.3. The number of alkyl halides is 2. The van der Waals surface area contributed by atoms with Gasteiger partial charge in [-0.2, -0.15) is 8.78 Å². The maximum absolute atomic E-state index is 13.3. The van der Waals surface area contributed by atoms with E-state index in [1.54, 1.807) is 12.1 Å². The summed E-state index contributed by atoms with van der Waals surface area (Å²) >= 11 is 0. The smallest absolute Gasteiger partial charge is 0.286 e. The number of nitrogens with zero attached hydrogens (tertiary/aromatic N) is 4. The van der Waals surface area contributed by atoms with Crippen molar-refractivity contribution in [3.63, 3.8) is 0 Å². The van der Waals surface area contributed by atoms with Crippen LogP contribution < -0.4 is 0 Å². The van der Waals surface area contributed by atoms with Crippen molar-refractivity contribution in [1.82, 2.24) is 9.88 Å². The summed E-state index contributed by atoms with van der Waals surface area (Å²) in [6.45, 7) is 5.29. The third-order valence-electron chi connectivity index (χ3n) is 2.82. The molecule has 2 rings (SSSR count). The molecule has 0 N–H and O–H groups in total. The van der Waals surface area contributed by atoms with Gasteiger partial charge in [0.05, 0.1) is 0 Å². The number of hydrogen-bond donors (Lipinski definition) is 0. The predicted molar refractivity (Wildman–Crippen MR) is 70.7 cm³/mol. The zero-order valence-electron chi connectivity index (χ0n) is 11.1. The van der Waals surface area contributed by atoms with Gasteiger partial charge in [0.1, 0.15) is 24.4 Å². The molecule has 0 saturated heterocycles. The highest BCUT2D eigenvalue weighted by atomic mass is 19.3. The van der Waals surface area contributed by atoms with Gasteiger partial charge in [-0.15, -0.1) is 0 Å². The molecule has 6 heteroatoms. The second-order valence-electron chi connectivity index (χ2n) is 4.75. The Labute approximate surface area is 110 Å². The molecule has 4 nitrogen and oxygen atoms in total. The molecule has 0 aromatic carbocycles. The van der Waals surface area contributed by atoms with Crippen molar-refractivity contribution in [1.29, 1.82) is 0 Å². The van der Waals surface area contributed by atoms with Crippen LogP contribution in [0.1, 0.15) is 32.2 Å². The Bertz CT molecular complexity index is 518. The number of aromatic nitrogens is 1. The van der Waals surface area contributed by atoms with Gasteiger partial charge in [-0.05, 0) is 26.0 Å². The highest BCUT2D eigenvalue weighted by molar-refractivity contribution is 6.02. The van der Waals surface area contributed by atoms with E-state index in [1.807, 2.05) is 18.7 Å². The predicted octanol–water partition coefficient (Wildman–Crippen LogP) is 2.65. The average Bonchev–Trinajstić information content (AvgIpc) is 2.38. The van der Waals surface area contributed by atoms with E-state index in [-0.39, 0.29) is 11.7 Å². The van der Waals surface area contributed by atoms with Crippen molar-refractivity contribution in [2.75, 3.05) is 6.67 Å². The number of aliphatic imine (C=N–C) groups is 2. The highest BCUT2D eigenvalue weighted by Crippen LogP contribution is 2.25. The minimum Gasteiger partial charge on any atom is -0.333 e. The lowest BCUT2D eigenvalue weighted by Gasteiger charge is -2.29. The van der Waals surface area contributed by atoms with Crippen LogP contribution >= 0.6 is 0 Å². The Kier molecular flexibility index (Phi) is 3.59. The molecule has 102 valence electrons. The lowest BCUT2D eigenvalue weighted by Crippen LogP contribution is -2.40. The number of hydrogen-bond acceptors (Lipinski definition) is 4. The summed E-state index contributed by atoms with van der Waals surface area (Å²) in [7, 11) is 0. The first-order valence-corrected chi connectivity index (χ1v) is 6.08. The summed E-state index contributed by atoms with van der Waals surface area (Å²) in [6.07, 6.45) is 1.44. The Morgan fingerprint density at radius 3 is 2.68 bits per heavy atom. The van der Waals surface area contributed by atoms with Gasteiger partial charge in [0, 0.05) is 13.0 Å². The van der Waals surface area contributed by atoms with Crippen LogP contribution in [0.4, 0.5) is 8.78 Å². The minimum absolute atomic E-state index is 0.170. The van der Waals surface area contributed by atoms with E-state index < -0.39 is 5.92 Å². The average molecular weight is 266 g/mol. The number of halogens is 2. The van der Waals surface area contributed by atoms with E-state index in [4.69, 9.17) is 0 Å². The molecule has 0 unspecified atom stereocenters. The first kappa shape index (κ1) is 13.6. The topological polar surface area (TPSA) is 40.9 Å². The van der Waals surface area contributed by atoms with E-state index in [0.717, 1.165) is 6.92 Å². The molecule has 1 aliphatic heterocycles. The van der Waals surface area contributed by atoms with Crippen LogP contribution in [0.25, 0.3) is 0 Å². The molecule has 0 fully saturated rings. The van der Waals surface area contributed by atoms with Gasteiger partial charge >= 0.3 is 0 Å². The van der Waals surface area contributed by atoms with Crippen LogP contribution in [0, 0.1) is 0 Å². The van der Waals surface area contributed by atoms with Crippen molar-refractivity contribution in [2.45, 2.75) is 32.7 Å². The fraction of sp³-hybridized carbons (Fsp3) is 0.462. The second kappa shape index (κ2) is 5.03. The molecule has 0 aliphatic carbocycles. The summed E-state index contributed by atoms with van der Waals surface area (Å²) in [4.78, 5) is 14.2. The normalized spacial score (nSPS) is 15.9. The number of pyridine rings is 1. The van der Waals surface area contributed by atoms with Crippen LogP contribution in [0.5, 0.6) is 0 Å². The number of amidine groups is 1. The van der Waals surface area contributed by atoms with Crippen molar-refractivity contribution >= 4 is 12.2 Å². The monoisotopic (exact) mass is 266 g/mol. The standard InChI is InChI=1S/C13H16F2N4/c1-9(2)19-8-16-7-17-12(19)10-5-4-6-11(18-10)13(3,14)15/h4-7,9H,8H2,1-3H3. The first-order chi connectivity index (χ1) is 8.89. The van der Waals surface area contributed by atoms with Crippen molar-refractivity contribution in [3.05, 3.63) is 29.6 Å². The molecule has 0 spiro atoms. The SMILES string of the molecule is CC(C)N1CN=CN=C1c1cccc(C(C)(F)F)n1. The van der Waals surface area contributed by atoms with Gasteiger partial charge in [-0.1, -0.05) is 6.07 Å². The molecule has 1 aromatic rings. The van der Waals surface area contributed by atoms with E-state index >= 15 is 0 Å². The Balaban J connectivity index is 2.41. The van der Waals surface area contributed by atoms with Crippen molar-refractivity contribution in [3.8, 4) is 0 Å². The van der Waals surface area contributed by atoms with Gasteiger partial charge in [-0.3, -0.25) is 4.99 Å². The number of rotatable bonds is 3. The van der Waals surface area contributed by atoms with E-state index in [2.05, 4.69) is 15.0 Å². The van der Waals surface area contributed by atoms with Crippen LogP contribution in [-0.2, 0) is 5.92 Å². The molecule has 0 atom stereocenters. The van der Waals surface area contributed by atoms with Gasteiger partial charge in [0.2, 0.25) is 0 Å². The summed E-state index contributed by atoms with van der Waals surface area (Å²) in [5, 5.41) is 0. The van der Waals surface area contributed by atoms with Gasteiger partial charge in [0.25, 0.3) is 5.92 Å². The van der Waals surface area contributed by atoms with E-state index in [9.17, 15) is 8.78 Å². The molecule has 0 amide bonds. The fourth-order valence-corrected chi connectivity index (χ4v) is 1.79.